The first-order valence-electron chi connectivity index (χ1n) is 6.81. The van der Waals surface area contributed by atoms with E-state index in [1.807, 2.05) is 6.92 Å². The van der Waals surface area contributed by atoms with Crippen LogP contribution in [0.2, 0.25) is 0 Å². The predicted molar refractivity (Wildman–Crippen MR) is 69.5 cm³/mol. The summed E-state index contributed by atoms with van der Waals surface area (Å²) >= 11 is 0. The second-order valence-corrected chi connectivity index (χ2v) is 4.86. The summed E-state index contributed by atoms with van der Waals surface area (Å²) in [5, 5.41) is 9.99. The minimum absolute atomic E-state index is 0.0111. The third-order valence-corrected chi connectivity index (χ3v) is 3.51. The Hall–Kier alpha value is -1.33. The van der Waals surface area contributed by atoms with Crippen molar-refractivity contribution in [3.8, 4) is 0 Å². The summed E-state index contributed by atoms with van der Waals surface area (Å²) in [5.41, 5.74) is 0. The van der Waals surface area contributed by atoms with Crippen LogP contribution in [0.25, 0.3) is 0 Å². The van der Waals surface area contributed by atoms with Crippen LogP contribution in [0, 0.1) is 5.92 Å². The van der Waals surface area contributed by atoms with Gasteiger partial charge in [0.25, 0.3) is 0 Å². The Bertz CT molecular complexity index is 382. The first-order chi connectivity index (χ1) is 9.20. The fourth-order valence-electron chi connectivity index (χ4n) is 2.43. The van der Waals surface area contributed by atoms with Gasteiger partial charge in [-0.1, -0.05) is 0 Å². The van der Waals surface area contributed by atoms with Gasteiger partial charge in [-0.3, -0.25) is 4.79 Å². The van der Waals surface area contributed by atoms with Crippen molar-refractivity contribution in [2.45, 2.75) is 25.9 Å². The molecule has 2 rings (SSSR count). The minimum Gasteiger partial charge on any atom is -0.467 e. The maximum absolute atomic E-state index is 11.6. The number of likely N-dealkylation sites (tertiary alicyclic amines) is 1. The van der Waals surface area contributed by atoms with E-state index in [-0.39, 0.29) is 11.9 Å². The van der Waals surface area contributed by atoms with E-state index >= 15 is 0 Å². The summed E-state index contributed by atoms with van der Waals surface area (Å²) in [4.78, 5) is 13.8. The molecule has 0 spiro atoms. The number of carbonyl (C=O) groups excluding carboxylic acids is 1. The topological polar surface area (TPSA) is 62.9 Å². The van der Waals surface area contributed by atoms with Gasteiger partial charge in [0, 0.05) is 6.54 Å². The molecule has 1 aromatic heterocycles. The standard InChI is InChI=1S/C14H21NO4/c1-2-18-14(17)11-5-7-15(8-6-11)10-12(16)13-4-3-9-19-13/h3-4,9,11-12,16H,2,5-8,10H2,1H3. The third-order valence-electron chi connectivity index (χ3n) is 3.51. The number of ether oxygens (including phenoxy) is 1. The molecule has 1 aliphatic rings. The van der Waals surface area contributed by atoms with Crippen LogP contribution in [-0.4, -0.2) is 42.2 Å². The van der Waals surface area contributed by atoms with E-state index in [0.717, 1.165) is 25.9 Å². The van der Waals surface area contributed by atoms with Crippen LogP contribution in [-0.2, 0) is 9.53 Å². The SMILES string of the molecule is CCOC(=O)C1CCN(CC(O)c2ccco2)CC1. The summed E-state index contributed by atoms with van der Waals surface area (Å²) in [7, 11) is 0. The largest absolute Gasteiger partial charge is 0.467 e. The summed E-state index contributed by atoms with van der Waals surface area (Å²) in [5.74, 6) is 0.512. The molecule has 1 N–H and O–H groups in total. The van der Waals surface area contributed by atoms with Crippen molar-refractivity contribution in [1.29, 1.82) is 0 Å². The van der Waals surface area contributed by atoms with Crippen molar-refractivity contribution in [2.24, 2.45) is 5.92 Å². The van der Waals surface area contributed by atoms with Gasteiger partial charge in [-0.25, -0.2) is 0 Å². The molecule has 1 fully saturated rings. The van der Waals surface area contributed by atoms with Crippen molar-refractivity contribution in [3.05, 3.63) is 24.2 Å². The number of rotatable bonds is 5. The van der Waals surface area contributed by atoms with Gasteiger partial charge in [-0.2, -0.15) is 0 Å². The van der Waals surface area contributed by atoms with Gasteiger partial charge in [0.15, 0.2) is 0 Å². The smallest absolute Gasteiger partial charge is 0.309 e. The molecular formula is C14H21NO4. The molecule has 1 unspecified atom stereocenters. The van der Waals surface area contributed by atoms with E-state index in [2.05, 4.69) is 4.90 Å². The number of aliphatic hydroxyl groups excluding tert-OH is 1. The highest BCUT2D eigenvalue weighted by Crippen LogP contribution is 2.21. The maximum atomic E-state index is 11.6. The second-order valence-electron chi connectivity index (χ2n) is 4.86. The molecule has 19 heavy (non-hydrogen) atoms. The summed E-state index contributed by atoms with van der Waals surface area (Å²) in [6, 6.07) is 3.54. The Labute approximate surface area is 113 Å². The molecule has 5 nitrogen and oxygen atoms in total. The van der Waals surface area contributed by atoms with Crippen LogP contribution in [0.1, 0.15) is 31.6 Å². The number of esters is 1. The molecule has 2 heterocycles. The molecule has 0 radical (unpaired) electrons. The number of aliphatic hydroxyl groups is 1. The van der Waals surface area contributed by atoms with Gasteiger partial charge in [-0.15, -0.1) is 0 Å². The molecule has 0 aliphatic carbocycles. The van der Waals surface area contributed by atoms with E-state index in [9.17, 15) is 9.90 Å². The first-order valence-corrected chi connectivity index (χ1v) is 6.81. The van der Waals surface area contributed by atoms with E-state index in [1.54, 1.807) is 18.4 Å². The number of β-amino-alcohol motifs (C(OH)–C–C–N with tert-alkyl or cyclic N) is 1. The molecule has 5 heteroatoms. The number of furan rings is 1. The van der Waals surface area contributed by atoms with Crippen molar-refractivity contribution in [3.63, 3.8) is 0 Å². The zero-order chi connectivity index (χ0) is 13.7. The summed E-state index contributed by atoms with van der Waals surface area (Å²) in [6.07, 6.45) is 2.55. The lowest BCUT2D eigenvalue weighted by atomic mass is 9.97. The molecule has 0 aromatic carbocycles. The van der Waals surface area contributed by atoms with Gasteiger partial charge >= 0.3 is 5.97 Å². The summed E-state index contributed by atoms with van der Waals surface area (Å²) < 4.78 is 10.2. The average molecular weight is 267 g/mol. The Morgan fingerprint density at radius 1 is 1.58 bits per heavy atom. The zero-order valence-electron chi connectivity index (χ0n) is 11.2. The number of nitrogens with zero attached hydrogens (tertiary/aromatic N) is 1. The van der Waals surface area contributed by atoms with Crippen molar-refractivity contribution < 1.29 is 19.1 Å². The normalized spacial score (nSPS) is 19.3. The lowest BCUT2D eigenvalue weighted by Gasteiger charge is -2.31. The van der Waals surface area contributed by atoms with Crippen LogP contribution in [0.4, 0.5) is 0 Å². The zero-order valence-corrected chi connectivity index (χ0v) is 11.2. The van der Waals surface area contributed by atoms with E-state index in [4.69, 9.17) is 9.15 Å². The van der Waals surface area contributed by atoms with Crippen molar-refractivity contribution >= 4 is 5.97 Å². The van der Waals surface area contributed by atoms with E-state index in [1.165, 1.54) is 0 Å². The van der Waals surface area contributed by atoms with Crippen LogP contribution in [0.3, 0.4) is 0 Å². The number of hydrogen-bond donors (Lipinski definition) is 1. The Balaban J connectivity index is 1.76. The van der Waals surface area contributed by atoms with Gasteiger partial charge in [0.05, 0.1) is 18.8 Å². The molecule has 1 aromatic rings. The number of piperidine rings is 1. The lowest BCUT2D eigenvalue weighted by molar-refractivity contribution is -0.149. The maximum Gasteiger partial charge on any atom is 0.309 e. The lowest BCUT2D eigenvalue weighted by Crippen LogP contribution is -2.39. The van der Waals surface area contributed by atoms with Gasteiger partial charge in [0.1, 0.15) is 11.9 Å². The quantitative estimate of drug-likeness (QED) is 0.821. The number of carbonyl (C=O) groups is 1. The van der Waals surface area contributed by atoms with Crippen LogP contribution >= 0.6 is 0 Å². The molecule has 1 atom stereocenters. The highest BCUT2D eigenvalue weighted by Gasteiger charge is 2.27. The van der Waals surface area contributed by atoms with E-state index < -0.39 is 6.10 Å². The molecule has 0 saturated carbocycles. The minimum atomic E-state index is -0.603. The highest BCUT2D eigenvalue weighted by molar-refractivity contribution is 5.72. The van der Waals surface area contributed by atoms with Gasteiger partial charge in [0.2, 0.25) is 0 Å². The Kier molecular flexibility index (Phi) is 4.99. The Morgan fingerprint density at radius 3 is 2.89 bits per heavy atom. The van der Waals surface area contributed by atoms with Crippen LogP contribution < -0.4 is 0 Å². The molecule has 0 amide bonds. The first kappa shape index (κ1) is 14.1. The van der Waals surface area contributed by atoms with E-state index in [0.29, 0.717) is 18.9 Å². The molecule has 1 aliphatic heterocycles. The van der Waals surface area contributed by atoms with Crippen LogP contribution in [0.15, 0.2) is 22.8 Å². The van der Waals surface area contributed by atoms with Gasteiger partial charge in [-0.05, 0) is 45.0 Å². The predicted octanol–water partition coefficient (Wildman–Crippen LogP) is 1.59. The Morgan fingerprint density at radius 2 is 2.32 bits per heavy atom. The summed E-state index contributed by atoms with van der Waals surface area (Å²) in [6.45, 7) is 4.43. The second kappa shape index (κ2) is 6.73. The molecule has 0 bridgehead atoms. The van der Waals surface area contributed by atoms with Gasteiger partial charge < -0.3 is 19.2 Å². The third kappa shape index (κ3) is 3.81. The highest BCUT2D eigenvalue weighted by atomic mass is 16.5. The molecule has 1 saturated heterocycles. The molecular weight excluding hydrogens is 246 g/mol. The fourth-order valence-corrected chi connectivity index (χ4v) is 2.43. The molecule has 106 valence electrons. The van der Waals surface area contributed by atoms with Crippen LogP contribution in [0.5, 0.6) is 0 Å². The fraction of sp³-hybridized carbons (Fsp3) is 0.643. The van der Waals surface area contributed by atoms with Crippen molar-refractivity contribution in [2.75, 3.05) is 26.2 Å². The average Bonchev–Trinajstić information content (AvgIpc) is 2.94. The monoisotopic (exact) mass is 267 g/mol. The van der Waals surface area contributed by atoms with Crippen molar-refractivity contribution in [1.82, 2.24) is 4.90 Å². The number of hydrogen-bond acceptors (Lipinski definition) is 5.